The number of ether oxygens (including phenoxy) is 2. The highest BCUT2D eigenvalue weighted by Gasteiger charge is 2.19. The summed E-state index contributed by atoms with van der Waals surface area (Å²) in [7, 11) is 0. The minimum Gasteiger partial charge on any atom is -0.484 e. The van der Waals surface area contributed by atoms with E-state index in [0.717, 1.165) is 6.20 Å². The summed E-state index contributed by atoms with van der Waals surface area (Å²) in [6, 6.07) is 13.0. The van der Waals surface area contributed by atoms with Gasteiger partial charge in [0, 0.05) is 11.4 Å². The van der Waals surface area contributed by atoms with Crippen LogP contribution >= 0.6 is 0 Å². The first kappa shape index (κ1) is 21.3. The molecule has 0 spiro atoms. The van der Waals surface area contributed by atoms with E-state index in [9.17, 15) is 14.0 Å². The Labute approximate surface area is 176 Å². The third kappa shape index (κ3) is 5.56. The third-order valence-electron chi connectivity index (χ3n) is 3.91. The van der Waals surface area contributed by atoms with Crippen LogP contribution in [0.5, 0.6) is 11.5 Å². The maximum Gasteiger partial charge on any atom is 0.255 e. The van der Waals surface area contributed by atoms with Crippen LogP contribution < -0.4 is 31.6 Å². The first-order valence-corrected chi connectivity index (χ1v) is 8.94. The molecule has 0 radical (unpaired) electrons. The normalized spacial score (nSPS) is 10.4. The fourth-order valence-electron chi connectivity index (χ4n) is 2.61. The average Bonchev–Trinajstić information content (AvgIpc) is 2.75. The van der Waals surface area contributed by atoms with Gasteiger partial charge in [0.1, 0.15) is 11.5 Å². The summed E-state index contributed by atoms with van der Waals surface area (Å²) in [5.74, 6) is -1.29. The van der Waals surface area contributed by atoms with E-state index in [-0.39, 0.29) is 25.0 Å². The number of nitrogens with zero attached hydrogens (tertiary/aromatic N) is 3. The molecule has 0 saturated carbocycles. The quantitative estimate of drug-likeness (QED) is 0.463. The Morgan fingerprint density at radius 2 is 1.32 bits per heavy atom. The topological polar surface area (TPSA) is 160 Å². The zero-order chi connectivity index (χ0) is 22.4. The van der Waals surface area contributed by atoms with Crippen LogP contribution in [0.1, 0.15) is 0 Å². The molecule has 0 aliphatic carbocycles. The summed E-state index contributed by atoms with van der Waals surface area (Å²) < 4.78 is 25.1. The Kier molecular flexibility index (Phi) is 6.45. The molecule has 160 valence electrons. The molecule has 10 nitrogen and oxygen atoms in total. The maximum atomic E-state index is 14.6. The molecule has 0 aliphatic rings. The minimum absolute atomic E-state index is 0.0795. The summed E-state index contributed by atoms with van der Waals surface area (Å²) in [5.41, 5.74) is 16.9. The lowest BCUT2D eigenvalue weighted by atomic mass is 10.2. The Morgan fingerprint density at radius 3 is 1.74 bits per heavy atom. The van der Waals surface area contributed by atoms with Gasteiger partial charge in [0.05, 0.1) is 6.20 Å². The van der Waals surface area contributed by atoms with Crippen LogP contribution in [0, 0.1) is 5.82 Å². The number of anilines is 4. The number of rotatable bonds is 9. The van der Waals surface area contributed by atoms with Gasteiger partial charge in [-0.15, -0.1) is 0 Å². The van der Waals surface area contributed by atoms with Crippen LogP contribution in [-0.4, -0.2) is 35.0 Å². The van der Waals surface area contributed by atoms with Crippen LogP contribution in [0.3, 0.4) is 0 Å². The summed E-state index contributed by atoms with van der Waals surface area (Å²) >= 11 is 0. The maximum absolute atomic E-state index is 14.6. The second kappa shape index (κ2) is 9.39. The van der Waals surface area contributed by atoms with Crippen LogP contribution in [0.25, 0.3) is 0 Å². The van der Waals surface area contributed by atoms with E-state index in [4.69, 9.17) is 26.7 Å². The van der Waals surface area contributed by atoms with Gasteiger partial charge < -0.3 is 26.7 Å². The smallest absolute Gasteiger partial charge is 0.255 e. The van der Waals surface area contributed by atoms with Gasteiger partial charge in [-0.3, -0.25) is 14.5 Å². The Hall–Kier alpha value is -4.41. The highest BCUT2D eigenvalue weighted by atomic mass is 19.1. The number of carbonyl (C=O) groups is 2. The molecule has 2 amide bonds. The summed E-state index contributed by atoms with van der Waals surface area (Å²) in [6.45, 7) is -0.542. The fourth-order valence-corrected chi connectivity index (χ4v) is 2.61. The van der Waals surface area contributed by atoms with E-state index < -0.39 is 17.6 Å². The van der Waals surface area contributed by atoms with Crippen LogP contribution in [0.4, 0.5) is 27.5 Å². The summed E-state index contributed by atoms with van der Waals surface area (Å²) in [5, 5.41) is 0. The standard InChI is InChI=1S/C20H19FN6O4/c21-16-9-25-20(24)26-19(16)27(12-1-5-14(6-2-12)30-10-17(22)28)13-3-7-15(8-4-13)31-11-18(23)29/h1-9H,10-11H2,(H2,22,28)(H2,23,29)(H2,24,25,26). The van der Waals surface area contributed by atoms with Gasteiger partial charge in [0.15, 0.2) is 24.8 Å². The molecule has 1 heterocycles. The molecule has 0 bridgehead atoms. The van der Waals surface area contributed by atoms with E-state index in [1.54, 1.807) is 48.5 Å². The van der Waals surface area contributed by atoms with Gasteiger partial charge in [0.2, 0.25) is 5.95 Å². The minimum atomic E-state index is -0.697. The molecule has 31 heavy (non-hydrogen) atoms. The Bertz CT molecular complexity index is 1010. The highest BCUT2D eigenvalue weighted by molar-refractivity contribution is 5.77. The molecule has 0 saturated heterocycles. The molecule has 0 aliphatic heterocycles. The molecule has 11 heteroatoms. The predicted molar refractivity (Wildman–Crippen MR) is 110 cm³/mol. The van der Waals surface area contributed by atoms with Gasteiger partial charge in [-0.1, -0.05) is 0 Å². The fraction of sp³-hybridized carbons (Fsp3) is 0.100. The number of nitrogens with two attached hydrogens (primary N) is 3. The van der Waals surface area contributed by atoms with Crippen molar-refractivity contribution in [3.05, 3.63) is 60.5 Å². The van der Waals surface area contributed by atoms with Crippen LogP contribution in [-0.2, 0) is 9.59 Å². The third-order valence-corrected chi connectivity index (χ3v) is 3.91. The number of primary amides is 2. The summed E-state index contributed by atoms with van der Waals surface area (Å²) in [6.07, 6.45) is 0.972. The molecule has 0 unspecified atom stereocenters. The molecule has 1 aromatic heterocycles. The number of halogens is 1. The van der Waals surface area contributed by atoms with E-state index in [2.05, 4.69) is 9.97 Å². The molecular formula is C20H19FN6O4. The van der Waals surface area contributed by atoms with Crippen molar-refractivity contribution in [1.82, 2.24) is 9.97 Å². The van der Waals surface area contributed by atoms with Gasteiger partial charge in [0.25, 0.3) is 11.8 Å². The van der Waals surface area contributed by atoms with Crippen molar-refractivity contribution in [2.24, 2.45) is 11.5 Å². The van der Waals surface area contributed by atoms with Crippen molar-refractivity contribution in [2.75, 3.05) is 23.8 Å². The first-order chi connectivity index (χ1) is 14.8. The van der Waals surface area contributed by atoms with Crippen molar-refractivity contribution < 1.29 is 23.5 Å². The predicted octanol–water partition coefficient (Wildman–Crippen LogP) is 1.40. The molecule has 0 atom stereocenters. The van der Waals surface area contributed by atoms with Crippen molar-refractivity contribution in [3.8, 4) is 11.5 Å². The Balaban J connectivity index is 1.97. The van der Waals surface area contributed by atoms with Gasteiger partial charge >= 0.3 is 0 Å². The number of aromatic nitrogens is 2. The van der Waals surface area contributed by atoms with E-state index >= 15 is 0 Å². The lowest BCUT2D eigenvalue weighted by Gasteiger charge is -2.25. The number of amides is 2. The Morgan fingerprint density at radius 1 is 0.871 bits per heavy atom. The lowest BCUT2D eigenvalue weighted by Crippen LogP contribution is -2.20. The van der Waals surface area contributed by atoms with E-state index in [0.29, 0.717) is 22.9 Å². The van der Waals surface area contributed by atoms with Crippen LogP contribution in [0.15, 0.2) is 54.7 Å². The number of hydrogen-bond donors (Lipinski definition) is 3. The molecule has 3 aromatic rings. The van der Waals surface area contributed by atoms with Crippen molar-refractivity contribution in [3.63, 3.8) is 0 Å². The van der Waals surface area contributed by atoms with Gasteiger partial charge in [-0.2, -0.15) is 4.98 Å². The average molecular weight is 426 g/mol. The second-order valence-corrected chi connectivity index (χ2v) is 6.23. The van der Waals surface area contributed by atoms with Crippen molar-refractivity contribution in [2.45, 2.75) is 0 Å². The lowest BCUT2D eigenvalue weighted by molar-refractivity contribution is -0.120. The number of hydrogen-bond acceptors (Lipinski definition) is 8. The molecule has 6 N–H and O–H groups in total. The zero-order valence-corrected chi connectivity index (χ0v) is 16.2. The molecule has 3 rings (SSSR count). The SMILES string of the molecule is NC(=O)COc1ccc(N(c2ccc(OCC(N)=O)cc2)c2nc(N)ncc2F)cc1. The molecule has 0 fully saturated rings. The monoisotopic (exact) mass is 426 g/mol. The number of nitrogen functional groups attached to an aromatic ring is 1. The van der Waals surface area contributed by atoms with Crippen LogP contribution in [0.2, 0.25) is 0 Å². The number of carbonyl (C=O) groups excluding carboxylic acids is 2. The summed E-state index contributed by atoms with van der Waals surface area (Å²) in [4.78, 5) is 30.9. The zero-order valence-electron chi connectivity index (χ0n) is 16.2. The second-order valence-electron chi connectivity index (χ2n) is 6.23. The largest absolute Gasteiger partial charge is 0.484 e. The van der Waals surface area contributed by atoms with Crippen molar-refractivity contribution in [1.29, 1.82) is 0 Å². The molecular weight excluding hydrogens is 407 g/mol. The first-order valence-electron chi connectivity index (χ1n) is 8.94. The van der Waals surface area contributed by atoms with E-state index in [1.165, 1.54) is 4.90 Å². The van der Waals surface area contributed by atoms with Gasteiger partial charge in [-0.25, -0.2) is 9.37 Å². The number of benzene rings is 2. The van der Waals surface area contributed by atoms with Gasteiger partial charge in [-0.05, 0) is 48.5 Å². The van der Waals surface area contributed by atoms with E-state index in [1.807, 2.05) is 0 Å². The van der Waals surface area contributed by atoms with Crippen molar-refractivity contribution >= 4 is 35.0 Å². The molecule has 2 aromatic carbocycles. The highest BCUT2D eigenvalue weighted by Crippen LogP contribution is 2.36.